The van der Waals surface area contributed by atoms with Crippen molar-refractivity contribution in [2.45, 2.75) is 0 Å². The molecule has 7 heteroatoms. The number of anilines is 1. The number of ether oxygens (including phenoxy) is 1. The topological polar surface area (TPSA) is 55.3 Å². The number of nitrogens with zero attached hydrogens (tertiary/aromatic N) is 3. The second-order valence-corrected chi connectivity index (χ2v) is 5.46. The Bertz CT molecular complexity index is 660. The Morgan fingerprint density at radius 1 is 1.53 bits per heavy atom. The van der Waals surface area contributed by atoms with E-state index in [0.717, 1.165) is 0 Å². The third kappa shape index (κ3) is 3.30. The molecule has 100 valence electrons. The van der Waals surface area contributed by atoms with Gasteiger partial charge in [-0.3, -0.25) is 4.79 Å². The zero-order chi connectivity index (χ0) is 13.8. The summed E-state index contributed by atoms with van der Waals surface area (Å²) in [6.45, 7) is 0.200. The Labute approximate surface area is 122 Å². The summed E-state index contributed by atoms with van der Waals surface area (Å²) in [4.78, 5) is 16.4. The highest BCUT2D eigenvalue weighted by Crippen LogP contribution is 2.20. The maximum absolute atomic E-state index is 10.8. The van der Waals surface area contributed by atoms with E-state index in [1.54, 1.807) is 11.9 Å². The van der Waals surface area contributed by atoms with Crippen LogP contribution in [-0.2, 0) is 9.53 Å². The van der Waals surface area contributed by atoms with Crippen molar-refractivity contribution in [1.82, 2.24) is 9.36 Å². The predicted molar refractivity (Wildman–Crippen MR) is 77.0 cm³/mol. The summed E-state index contributed by atoms with van der Waals surface area (Å²) < 4.78 is 9.56. The number of hydrogen-bond acceptors (Lipinski definition) is 6. The van der Waals surface area contributed by atoms with E-state index in [4.69, 9.17) is 0 Å². The van der Waals surface area contributed by atoms with Crippen molar-refractivity contribution in [2.24, 2.45) is 0 Å². The third-order valence-corrected chi connectivity index (χ3v) is 3.99. The van der Waals surface area contributed by atoms with Crippen LogP contribution in [0.4, 0.5) is 5.13 Å². The summed E-state index contributed by atoms with van der Waals surface area (Å²) in [7, 11) is 3.12. The normalized spacial score (nSPS) is 10.3. The van der Waals surface area contributed by atoms with E-state index < -0.39 is 0 Å². The molecule has 0 fully saturated rings. The molecule has 0 unspecified atom stereocenters. The maximum Gasteiger partial charge on any atom is 0.325 e. The fraction of sp³-hybridized carbons (Fsp3) is 0.250. The molecule has 1 aromatic heterocycles. The molecule has 1 aromatic rings. The molecule has 0 spiro atoms. The van der Waals surface area contributed by atoms with Crippen LogP contribution in [0.1, 0.15) is 0 Å². The van der Waals surface area contributed by atoms with Gasteiger partial charge in [-0.15, -0.1) is 0 Å². The molecule has 0 atom stereocenters. The second-order valence-electron chi connectivity index (χ2n) is 3.85. The predicted octanol–water partition coefficient (Wildman–Crippen LogP) is 2.20. The van der Waals surface area contributed by atoms with Gasteiger partial charge >= 0.3 is 5.97 Å². The number of likely N-dealkylation sites (N-methyl/N-ethyl adjacent to an activating group) is 1. The minimum absolute atomic E-state index is 0.200. The third-order valence-electron chi connectivity index (χ3n) is 2.55. The fourth-order valence-electron chi connectivity index (χ4n) is 1.40. The smallest absolute Gasteiger partial charge is 0.325 e. The number of aromatic nitrogens is 2. The lowest BCUT2D eigenvalue weighted by Crippen LogP contribution is -2.26. The van der Waals surface area contributed by atoms with Crippen LogP contribution < -0.4 is 4.90 Å². The standard InChI is InChI=1S/C6H3Br.C6H9N3O2S/c7-6-3-4-1-2-5(4)6;1-9(3-5(10)11-2)6-7-4-8-12-6/h1-3H;4H,3H2,1-2H3. The average molecular weight is 342 g/mol. The van der Waals surface area contributed by atoms with Crippen molar-refractivity contribution in [3.8, 4) is 0 Å². The first-order valence-corrected chi connectivity index (χ1v) is 7.03. The number of rotatable bonds is 3. The molecule has 0 saturated carbocycles. The first-order chi connectivity index (χ1) is 9.11. The van der Waals surface area contributed by atoms with Crippen molar-refractivity contribution < 1.29 is 9.53 Å². The van der Waals surface area contributed by atoms with E-state index in [9.17, 15) is 4.79 Å². The van der Waals surface area contributed by atoms with Gasteiger partial charge in [0.25, 0.3) is 0 Å². The number of hydrogen-bond donors (Lipinski definition) is 0. The number of benzene rings is 1. The molecule has 0 aromatic carbocycles. The van der Waals surface area contributed by atoms with Crippen LogP contribution in [0, 0.1) is 10.4 Å². The van der Waals surface area contributed by atoms with Gasteiger partial charge in [0.15, 0.2) is 0 Å². The van der Waals surface area contributed by atoms with E-state index in [1.807, 2.05) is 0 Å². The second kappa shape index (κ2) is 6.12. The molecule has 2 aliphatic carbocycles. The van der Waals surface area contributed by atoms with Crippen LogP contribution in [0.25, 0.3) is 0 Å². The highest BCUT2D eigenvalue weighted by Gasteiger charge is 2.08. The first kappa shape index (κ1) is 14.0. The highest BCUT2D eigenvalue weighted by atomic mass is 79.9. The lowest BCUT2D eigenvalue weighted by atomic mass is 10.1. The number of methoxy groups -OCH3 is 1. The summed E-state index contributed by atoms with van der Waals surface area (Å²) >= 11 is 4.61. The molecule has 0 saturated heterocycles. The summed E-state index contributed by atoms with van der Waals surface area (Å²) in [6, 6.07) is 6.34. The number of esters is 1. The molecule has 0 bridgehead atoms. The highest BCUT2D eigenvalue weighted by molar-refractivity contribution is 9.10. The zero-order valence-corrected chi connectivity index (χ0v) is 12.9. The van der Waals surface area contributed by atoms with Crippen LogP contribution in [0.15, 0.2) is 29.0 Å². The van der Waals surface area contributed by atoms with Gasteiger partial charge in [-0.05, 0) is 16.5 Å². The van der Waals surface area contributed by atoms with E-state index in [-0.39, 0.29) is 12.5 Å². The molecule has 3 rings (SSSR count). The maximum atomic E-state index is 10.8. The Balaban J connectivity index is 0.000000159. The van der Waals surface area contributed by atoms with Crippen LogP contribution in [0.5, 0.6) is 0 Å². The van der Waals surface area contributed by atoms with Gasteiger partial charge in [0.05, 0.1) is 7.11 Å². The molecule has 2 aliphatic rings. The Morgan fingerprint density at radius 3 is 2.63 bits per heavy atom. The molecule has 0 aliphatic heterocycles. The van der Waals surface area contributed by atoms with Crippen LogP contribution >= 0.6 is 27.5 Å². The minimum Gasteiger partial charge on any atom is -0.468 e. The molecule has 19 heavy (non-hydrogen) atoms. The van der Waals surface area contributed by atoms with Gasteiger partial charge in [-0.2, -0.15) is 4.37 Å². The number of carbonyl (C=O) groups is 1. The number of halogens is 1. The first-order valence-electron chi connectivity index (χ1n) is 5.46. The summed E-state index contributed by atoms with van der Waals surface area (Å²) in [5.41, 5.74) is 0. The van der Waals surface area contributed by atoms with E-state index >= 15 is 0 Å². The van der Waals surface area contributed by atoms with Crippen molar-refractivity contribution in [1.29, 1.82) is 0 Å². The minimum atomic E-state index is -0.285. The lowest BCUT2D eigenvalue weighted by molar-refractivity contribution is -0.138. The van der Waals surface area contributed by atoms with Crippen molar-refractivity contribution >= 4 is 38.6 Å². The van der Waals surface area contributed by atoms with Gasteiger partial charge < -0.3 is 9.64 Å². The van der Waals surface area contributed by atoms with Crippen LogP contribution in [0.3, 0.4) is 0 Å². The Hall–Kier alpha value is -1.47. The van der Waals surface area contributed by atoms with E-state index in [2.05, 4.69) is 48.2 Å². The SMILES string of the molecule is Brc1cc2ccc1=2.COC(=O)CN(C)c1ncns1. The van der Waals surface area contributed by atoms with Gasteiger partial charge in [0.2, 0.25) is 5.13 Å². The van der Waals surface area contributed by atoms with Crippen molar-refractivity contribution in [2.75, 3.05) is 25.6 Å². The molecular weight excluding hydrogens is 330 g/mol. The summed E-state index contributed by atoms with van der Waals surface area (Å²) in [5.74, 6) is -0.285. The Kier molecular flexibility index (Phi) is 4.49. The molecule has 1 heterocycles. The van der Waals surface area contributed by atoms with Gasteiger partial charge in [-0.1, -0.05) is 28.1 Å². The average Bonchev–Trinajstić information content (AvgIpc) is 2.90. The zero-order valence-electron chi connectivity index (χ0n) is 10.5. The van der Waals surface area contributed by atoms with Gasteiger partial charge in [0, 0.05) is 23.1 Å². The molecule has 5 nitrogen and oxygen atoms in total. The molecular formula is C12H12BrN3O2S. The van der Waals surface area contributed by atoms with Crippen LogP contribution in [0.2, 0.25) is 0 Å². The number of carbonyl (C=O) groups excluding carboxylic acids is 1. The summed E-state index contributed by atoms with van der Waals surface area (Å²) in [6.07, 6.45) is 1.45. The van der Waals surface area contributed by atoms with Gasteiger partial charge in [-0.25, -0.2) is 4.98 Å². The van der Waals surface area contributed by atoms with E-state index in [0.29, 0.717) is 5.13 Å². The quantitative estimate of drug-likeness (QED) is 0.683. The largest absolute Gasteiger partial charge is 0.468 e. The van der Waals surface area contributed by atoms with E-state index in [1.165, 1.54) is 39.9 Å². The van der Waals surface area contributed by atoms with Crippen molar-refractivity contribution in [3.63, 3.8) is 0 Å². The molecule has 0 radical (unpaired) electrons. The monoisotopic (exact) mass is 341 g/mol. The molecule has 0 N–H and O–H groups in total. The lowest BCUT2D eigenvalue weighted by Gasteiger charge is -2.12. The van der Waals surface area contributed by atoms with Gasteiger partial charge in [0.1, 0.15) is 12.9 Å². The molecule has 0 amide bonds. The fourth-order valence-corrected chi connectivity index (χ4v) is 2.50. The van der Waals surface area contributed by atoms with Crippen molar-refractivity contribution in [3.05, 3.63) is 39.4 Å². The Morgan fingerprint density at radius 2 is 2.32 bits per heavy atom. The summed E-state index contributed by atoms with van der Waals surface area (Å²) in [5, 5.41) is 3.49. The van der Waals surface area contributed by atoms with Crippen LogP contribution in [-0.4, -0.2) is 36.0 Å².